The molecule has 0 radical (unpaired) electrons. The van der Waals surface area contributed by atoms with Gasteiger partial charge >= 0.3 is 6.18 Å². The first-order chi connectivity index (χ1) is 9.30. The third-order valence-electron chi connectivity index (χ3n) is 2.99. The normalized spacial score (nSPS) is 19.6. The van der Waals surface area contributed by atoms with E-state index in [4.69, 9.17) is 0 Å². The van der Waals surface area contributed by atoms with E-state index in [0.29, 0.717) is 6.07 Å². The second-order valence-electron chi connectivity index (χ2n) is 4.38. The second kappa shape index (κ2) is 5.07. The average molecular weight is 285 g/mol. The minimum atomic E-state index is -4.59. The highest BCUT2D eigenvalue weighted by atomic mass is 19.4. The first-order valence-electron chi connectivity index (χ1n) is 5.82. The molecule has 4 nitrogen and oxygen atoms in total. The SMILES string of the molecule is O=C1CCNC(=O)C1C(=O)c1cccc(C(F)(F)F)c1. The number of nitrogens with one attached hydrogen (secondary N) is 1. The highest BCUT2D eigenvalue weighted by Gasteiger charge is 2.38. The van der Waals surface area contributed by atoms with Crippen LogP contribution in [-0.2, 0) is 15.8 Å². The van der Waals surface area contributed by atoms with Crippen LogP contribution in [0.25, 0.3) is 0 Å². The van der Waals surface area contributed by atoms with Crippen molar-refractivity contribution in [2.45, 2.75) is 12.6 Å². The number of hydrogen-bond acceptors (Lipinski definition) is 3. The zero-order chi connectivity index (χ0) is 14.9. The van der Waals surface area contributed by atoms with Crippen molar-refractivity contribution in [3.63, 3.8) is 0 Å². The largest absolute Gasteiger partial charge is 0.416 e. The van der Waals surface area contributed by atoms with Crippen molar-refractivity contribution in [2.24, 2.45) is 5.92 Å². The van der Waals surface area contributed by atoms with Crippen molar-refractivity contribution in [2.75, 3.05) is 6.54 Å². The third-order valence-corrected chi connectivity index (χ3v) is 2.99. The van der Waals surface area contributed by atoms with Gasteiger partial charge in [-0.15, -0.1) is 0 Å². The zero-order valence-corrected chi connectivity index (χ0v) is 10.2. The number of Topliss-reactive ketones (excluding diaryl/α,β-unsaturated/α-hetero) is 2. The molecule has 0 saturated carbocycles. The molecule has 1 N–H and O–H groups in total. The van der Waals surface area contributed by atoms with Gasteiger partial charge in [0.15, 0.2) is 17.5 Å². The monoisotopic (exact) mass is 285 g/mol. The van der Waals surface area contributed by atoms with Crippen molar-refractivity contribution < 1.29 is 27.6 Å². The number of carbonyl (C=O) groups excluding carboxylic acids is 3. The summed E-state index contributed by atoms with van der Waals surface area (Å²) in [5.74, 6) is -3.79. The van der Waals surface area contributed by atoms with Crippen LogP contribution in [-0.4, -0.2) is 24.0 Å². The Morgan fingerprint density at radius 3 is 2.55 bits per heavy atom. The van der Waals surface area contributed by atoms with Crippen LogP contribution < -0.4 is 5.32 Å². The highest BCUT2D eigenvalue weighted by molar-refractivity contribution is 6.24. The molecule has 1 unspecified atom stereocenters. The maximum Gasteiger partial charge on any atom is 0.416 e. The number of amides is 1. The molecule has 0 aliphatic carbocycles. The lowest BCUT2D eigenvalue weighted by molar-refractivity contribution is -0.137. The van der Waals surface area contributed by atoms with E-state index >= 15 is 0 Å². The maximum absolute atomic E-state index is 12.6. The number of hydrogen-bond donors (Lipinski definition) is 1. The molecule has 1 atom stereocenters. The van der Waals surface area contributed by atoms with Crippen LogP contribution in [0.5, 0.6) is 0 Å². The van der Waals surface area contributed by atoms with Gasteiger partial charge in [-0.2, -0.15) is 13.2 Å². The summed E-state index contributed by atoms with van der Waals surface area (Å²) in [7, 11) is 0. The average Bonchev–Trinajstić information content (AvgIpc) is 2.37. The molecule has 0 bridgehead atoms. The summed E-state index contributed by atoms with van der Waals surface area (Å²) in [6, 6.07) is 3.70. The molecule has 1 heterocycles. The molecular weight excluding hydrogens is 275 g/mol. The number of carbonyl (C=O) groups is 3. The molecule has 1 aliphatic heterocycles. The van der Waals surface area contributed by atoms with Gasteiger partial charge in [-0.3, -0.25) is 14.4 Å². The summed E-state index contributed by atoms with van der Waals surface area (Å²) in [4.78, 5) is 35.2. The summed E-state index contributed by atoms with van der Waals surface area (Å²) >= 11 is 0. The van der Waals surface area contributed by atoms with Gasteiger partial charge in [0.05, 0.1) is 5.56 Å². The highest BCUT2D eigenvalue weighted by Crippen LogP contribution is 2.30. The summed E-state index contributed by atoms with van der Waals surface area (Å²) < 4.78 is 37.7. The van der Waals surface area contributed by atoms with Gasteiger partial charge in [-0.05, 0) is 12.1 Å². The first-order valence-corrected chi connectivity index (χ1v) is 5.82. The van der Waals surface area contributed by atoms with Crippen molar-refractivity contribution in [3.05, 3.63) is 35.4 Å². The molecule has 1 aromatic carbocycles. The van der Waals surface area contributed by atoms with Crippen molar-refractivity contribution in [1.29, 1.82) is 0 Å². The Morgan fingerprint density at radius 2 is 1.95 bits per heavy atom. The van der Waals surface area contributed by atoms with E-state index in [1.165, 1.54) is 0 Å². The van der Waals surface area contributed by atoms with E-state index in [1.54, 1.807) is 0 Å². The maximum atomic E-state index is 12.6. The van der Waals surface area contributed by atoms with Crippen LogP contribution in [0.15, 0.2) is 24.3 Å². The molecule has 1 aromatic rings. The van der Waals surface area contributed by atoms with E-state index < -0.39 is 35.1 Å². The minimum absolute atomic E-state index is 0.00110. The van der Waals surface area contributed by atoms with Crippen LogP contribution >= 0.6 is 0 Å². The number of benzene rings is 1. The van der Waals surface area contributed by atoms with Gasteiger partial charge in [0.2, 0.25) is 5.91 Å². The molecule has 2 rings (SSSR count). The van der Waals surface area contributed by atoms with Crippen LogP contribution in [0.3, 0.4) is 0 Å². The lowest BCUT2D eigenvalue weighted by atomic mass is 9.88. The number of piperidine rings is 1. The Hall–Kier alpha value is -2.18. The quantitative estimate of drug-likeness (QED) is 0.663. The van der Waals surface area contributed by atoms with E-state index in [1.807, 2.05) is 0 Å². The molecule has 1 saturated heterocycles. The summed E-state index contributed by atoms with van der Waals surface area (Å²) in [5.41, 5.74) is -1.29. The Morgan fingerprint density at radius 1 is 1.25 bits per heavy atom. The summed E-state index contributed by atoms with van der Waals surface area (Å²) in [5, 5.41) is 2.36. The molecule has 20 heavy (non-hydrogen) atoms. The van der Waals surface area contributed by atoms with Gasteiger partial charge in [0.25, 0.3) is 0 Å². The molecule has 1 fully saturated rings. The molecule has 1 aliphatic rings. The Labute approximate surface area is 112 Å². The second-order valence-corrected chi connectivity index (χ2v) is 4.38. The van der Waals surface area contributed by atoms with E-state index in [9.17, 15) is 27.6 Å². The van der Waals surface area contributed by atoms with Gasteiger partial charge in [0, 0.05) is 18.5 Å². The molecule has 0 spiro atoms. The van der Waals surface area contributed by atoms with Crippen LogP contribution in [0, 0.1) is 5.92 Å². The smallest absolute Gasteiger partial charge is 0.355 e. The zero-order valence-electron chi connectivity index (χ0n) is 10.2. The lowest BCUT2D eigenvalue weighted by Gasteiger charge is -2.20. The molecule has 7 heteroatoms. The Kier molecular flexibility index (Phi) is 3.61. The fourth-order valence-corrected chi connectivity index (χ4v) is 1.98. The van der Waals surface area contributed by atoms with Crippen molar-refractivity contribution >= 4 is 17.5 Å². The third kappa shape index (κ3) is 2.71. The molecule has 0 aromatic heterocycles. The van der Waals surface area contributed by atoms with E-state index in [-0.39, 0.29) is 18.5 Å². The number of ketones is 2. The topological polar surface area (TPSA) is 63.2 Å². The molecular formula is C13H10F3NO3. The summed E-state index contributed by atoms with van der Waals surface area (Å²) in [6.07, 6.45) is -4.59. The first kappa shape index (κ1) is 14.2. The molecule has 1 amide bonds. The number of alkyl halides is 3. The Bertz CT molecular complexity index is 564. The van der Waals surface area contributed by atoms with Crippen LogP contribution in [0.1, 0.15) is 22.3 Å². The van der Waals surface area contributed by atoms with E-state index in [0.717, 1.165) is 18.2 Å². The van der Waals surface area contributed by atoms with E-state index in [2.05, 4.69) is 5.32 Å². The van der Waals surface area contributed by atoms with Crippen molar-refractivity contribution in [1.82, 2.24) is 5.32 Å². The predicted octanol–water partition coefficient (Wildman–Crippen LogP) is 1.59. The predicted molar refractivity (Wildman–Crippen MR) is 61.9 cm³/mol. The minimum Gasteiger partial charge on any atom is -0.355 e. The van der Waals surface area contributed by atoms with Gasteiger partial charge < -0.3 is 5.32 Å². The van der Waals surface area contributed by atoms with Crippen LogP contribution in [0.2, 0.25) is 0 Å². The molecule has 106 valence electrons. The number of rotatable bonds is 2. The number of halogens is 3. The Balaban J connectivity index is 2.34. The van der Waals surface area contributed by atoms with Gasteiger partial charge in [0.1, 0.15) is 0 Å². The lowest BCUT2D eigenvalue weighted by Crippen LogP contribution is -2.46. The fraction of sp³-hybridized carbons (Fsp3) is 0.308. The van der Waals surface area contributed by atoms with Crippen LogP contribution in [0.4, 0.5) is 13.2 Å². The standard InChI is InChI=1S/C13H10F3NO3/c14-13(15,16)8-3-1-2-7(6-8)11(19)10-9(18)4-5-17-12(10)20/h1-3,6,10H,4-5H2,(H,17,20). The summed E-state index contributed by atoms with van der Waals surface area (Å²) in [6.45, 7) is 0.143. The fourth-order valence-electron chi connectivity index (χ4n) is 1.98. The van der Waals surface area contributed by atoms with Crippen molar-refractivity contribution in [3.8, 4) is 0 Å². The van der Waals surface area contributed by atoms with Gasteiger partial charge in [-0.25, -0.2) is 0 Å². The van der Waals surface area contributed by atoms with Gasteiger partial charge in [-0.1, -0.05) is 12.1 Å².